The maximum Gasteiger partial charge on any atom is 0.275 e. The van der Waals surface area contributed by atoms with Crippen LogP contribution in [0, 0.1) is 0 Å². The molecule has 198 valence electrons. The molecule has 0 aliphatic heterocycles. The monoisotopic (exact) mass is 602 g/mol. The van der Waals surface area contributed by atoms with Gasteiger partial charge in [-0.15, -0.1) is 20.4 Å². The summed E-state index contributed by atoms with van der Waals surface area (Å²) in [5.41, 5.74) is 1.98. The first kappa shape index (κ1) is 24.8. The van der Waals surface area contributed by atoms with Gasteiger partial charge in [-0.25, -0.2) is 7.91 Å². The number of aromatic nitrogens is 6. The lowest BCUT2D eigenvalue weighted by Crippen LogP contribution is -2.10. The van der Waals surface area contributed by atoms with E-state index in [1.165, 1.54) is 45.7 Å². The second kappa shape index (κ2) is 10.4. The van der Waals surface area contributed by atoms with Gasteiger partial charge in [-0.05, 0) is 58.5 Å². The summed E-state index contributed by atoms with van der Waals surface area (Å²) in [6.07, 6.45) is 0. The maximum atomic E-state index is 12.7. The Hall–Kier alpha value is -4.24. The molecule has 0 bridgehead atoms. The minimum atomic E-state index is -0.0815. The maximum absolute atomic E-state index is 12.7. The van der Waals surface area contributed by atoms with Gasteiger partial charge in [0.15, 0.2) is 0 Å². The fraction of sp³-hybridized carbons (Fsp3) is 0.0769. The molecule has 10 nitrogen and oxygen atoms in total. The molecule has 4 heterocycles. The Morgan fingerprint density at radius 2 is 1.07 bits per heavy atom. The molecule has 0 aliphatic carbocycles. The van der Waals surface area contributed by atoms with E-state index in [-0.39, 0.29) is 11.1 Å². The van der Waals surface area contributed by atoms with Gasteiger partial charge in [0, 0.05) is 13.1 Å². The number of nitrogens with one attached hydrogen (secondary N) is 2. The van der Waals surface area contributed by atoms with Gasteiger partial charge in [0.05, 0.1) is 20.2 Å². The van der Waals surface area contributed by atoms with E-state index < -0.39 is 0 Å². The van der Waals surface area contributed by atoms with Crippen LogP contribution in [0.2, 0.25) is 0 Å². The molecule has 7 aromatic rings. The second-order valence-electron chi connectivity index (χ2n) is 8.68. The normalized spacial score (nSPS) is 11.4. The predicted molar refractivity (Wildman–Crippen MR) is 163 cm³/mol. The number of benzene rings is 3. The van der Waals surface area contributed by atoms with Crippen LogP contribution < -0.4 is 21.8 Å². The van der Waals surface area contributed by atoms with Crippen molar-refractivity contribution in [3.05, 3.63) is 105 Å². The molecule has 0 spiro atoms. The van der Waals surface area contributed by atoms with Gasteiger partial charge in [-0.1, -0.05) is 71.2 Å². The van der Waals surface area contributed by atoms with E-state index in [1.54, 1.807) is 7.91 Å². The van der Waals surface area contributed by atoms with Crippen LogP contribution in [0.25, 0.3) is 30.4 Å². The molecule has 0 atom stereocenters. The summed E-state index contributed by atoms with van der Waals surface area (Å²) in [5, 5.41) is 27.2. The highest BCUT2D eigenvalue weighted by molar-refractivity contribution is 7.21. The summed E-state index contributed by atoms with van der Waals surface area (Å²) in [4.78, 5) is 25.4. The second-order valence-corrected chi connectivity index (χ2v) is 12.6. The van der Waals surface area contributed by atoms with Crippen LogP contribution >= 0.6 is 45.7 Å². The smallest absolute Gasteiger partial charge is 0.275 e. The van der Waals surface area contributed by atoms with E-state index in [2.05, 4.69) is 37.1 Å². The fourth-order valence-corrected chi connectivity index (χ4v) is 7.65. The van der Waals surface area contributed by atoms with Gasteiger partial charge in [0.1, 0.15) is 0 Å². The molecule has 14 heteroatoms. The molecule has 2 N–H and O–H groups in total. The number of hydrogen-bond acceptors (Lipinski definition) is 12. The number of hydrogen-bond donors (Lipinski definition) is 2. The molecule has 0 aliphatic rings. The summed E-state index contributed by atoms with van der Waals surface area (Å²) >= 11 is 5.41. The highest BCUT2D eigenvalue weighted by Gasteiger charge is 2.14. The van der Waals surface area contributed by atoms with Crippen molar-refractivity contribution in [1.29, 1.82) is 0 Å². The first-order chi connectivity index (χ1) is 19.6. The third-order valence-corrected chi connectivity index (χ3v) is 10.1. The van der Waals surface area contributed by atoms with Gasteiger partial charge in [-0.3, -0.25) is 9.59 Å². The SMILES string of the molecule is O=c1c2ccccc2sn1-c1nnc(NCc2cccc(CNc3nnc(-n4sc5ccccc5c4=O)s3)c2)s1. The molecule has 0 amide bonds. The van der Waals surface area contributed by atoms with E-state index >= 15 is 0 Å². The minimum Gasteiger partial charge on any atom is -0.356 e. The Morgan fingerprint density at radius 3 is 1.55 bits per heavy atom. The van der Waals surface area contributed by atoms with Crippen molar-refractivity contribution in [1.82, 2.24) is 28.3 Å². The Kier molecular flexibility index (Phi) is 6.43. The van der Waals surface area contributed by atoms with Crippen LogP contribution in [0.15, 0.2) is 82.4 Å². The van der Waals surface area contributed by atoms with Crippen LogP contribution in [0.5, 0.6) is 0 Å². The van der Waals surface area contributed by atoms with E-state index in [1.807, 2.05) is 66.7 Å². The van der Waals surface area contributed by atoms with Crippen molar-refractivity contribution in [2.45, 2.75) is 13.1 Å². The first-order valence-corrected chi connectivity index (χ1v) is 15.3. The zero-order valence-electron chi connectivity index (χ0n) is 20.5. The van der Waals surface area contributed by atoms with Crippen molar-refractivity contribution in [3.63, 3.8) is 0 Å². The highest BCUT2D eigenvalue weighted by Crippen LogP contribution is 2.26. The number of rotatable bonds is 8. The molecule has 7 rings (SSSR count). The molecule has 0 saturated carbocycles. The fourth-order valence-electron chi connectivity index (χ4n) is 4.14. The first-order valence-electron chi connectivity index (χ1n) is 12.1. The zero-order valence-corrected chi connectivity index (χ0v) is 23.7. The lowest BCUT2D eigenvalue weighted by molar-refractivity contribution is 0.988. The summed E-state index contributed by atoms with van der Waals surface area (Å²) < 4.78 is 4.99. The molecule has 0 radical (unpaired) electrons. The van der Waals surface area contributed by atoms with Crippen molar-refractivity contribution < 1.29 is 0 Å². The van der Waals surface area contributed by atoms with Crippen LogP contribution in [-0.4, -0.2) is 28.3 Å². The van der Waals surface area contributed by atoms with E-state index in [0.717, 1.165) is 20.5 Å². The highest BCUT2D eigenvalue weighted by atomic mass is 32.1. The molecule has 0 saturated heterocycles. The minimum absolute atomic E-state index is 0.0815. The van der Waals surface area contributed by atoms with E-state index in [9.17, 15) is 9.59 Å². The average Bonchev–Trinajstić information content (AvgIpc) is 3.78. The van der Waals surface area contributed by atoms with Crippen LogP contribution in [0.3, 0.4) is 0 Å². The summed E-state index contributed by atoms with van der Waals surface area (Å²) in [5.74, 6) is 0. The average molecular weight is 603 g/mol. The summed E-state index contributed by atoms with van der Waals surface area (Å²) in [7, 11) is 0. The van der Waals surface area contributed by atoms with Crippen molar-refractivity contribution in [3.8, 4) is 10.3 Å². The molecule has 0 unspecified atom stereocenters. The Bertz CT molecular complexity index is 1960. The molecular formula is C26H18N8O2S4. The molecule has 3 aromatic carbocycles. The predicted octanol–water partition coefficient (Wildman–Crippen LogP) is 5.35. The molecule has 40 heavy (non-hydrogen) atoms. The molecule has 4 aromatic heterocycles. The lowest BCUT2D eigenvalue weighted by atomic mass is 10.1. The lowest BCUT2D eigenvalue weighted by Gasteiger charge is -2.06. The van der Waals surface area contributed by atoms with Gasteiger partial charge < -0.3 is 10.6 Å². The number of anilines is 2. The van der Waals surface area contributed by atoms with Gasteiger partial charge in [0.2, 0.25) is 20.5 Å². The quantitative estimate of drug-likeness (QED) is 0.239. The summed E-state index contributed by atoms with van der Waals surface area (Å²) in [6.45, 7) is 1.11. The Morgan fingerprint density at radius 1 is 0.600 bits per heavy atom. The third-order valence-electron chi connectivity index (χ3n) is 6.04. The van der Waals surface area contributed by atoms with E-state index in [4.69, 9.17) is 0 Å². The zero-order chi connectivity index (χ0) is 27.1. The number of nitrogens with zero attached hydrogens (tertiary/aromatic N) is 6. The topological polar surface area (TPSA) is 120 Å². The van der Waals surface area contributed by atoms with Crippen LogP contribution in [0.1, 0.15) is 11.1 Å². The van der Waals surface area contributed by atoms with Crippen molar-refractivity contribution >= 4 is 76.2 Å². The van der Waals surface area contributed by atoms with Crippen LogP contribution in [0.4, 0.5) is 10.3 Å². The summed E-state index contributed by atoms with van der Waals surface area (Å²) in [6, 6.07) is 23.2. The number of fused-ring (bicyclic) bond motifs is 2. The molecular weight excluding hydrogens is 585 g/mol. The van der Waals surface area contributed by atoms with Gasteiger partial charge >= 0.3 is 0 Å². The third kappa shape index (κ3) is 4.70. The van der Waals surface area contributed by atoms with E-state index in [0.29, 0.717) is 44.4 Å². The van der Waals surface area contributed by atoms with Crippen molar-refractivity contribution in [2.75, 3.05) is 10.6 Å². The van der Waals surface area contributed by atoms with Crippen LogP contribution in [-0.2, 0) is 13.1 Å². The Labute approximate surface area is 242 Å². The molecule has 0 fully saturated rings. The van der Waals surface area contributed by atoms with Gasteiger partial charge in [-0.2, -0.15) is 0 Å². The Balaban J connectivity index is 0.998. The van der Waals surface area contributed by atoms with Crippen molar-refractivity contribution in [2.24, 2.45) is 0 Å². The van der Waals surface area contributed by atoms with Gasteiger partial charge in [0.25, 0.3) is 11.1 Å². The largest absolute Gasteiger partial charge is 0.356 e. The standard InChI is InChI=1S/C26H18N8O2S4/c35-21-17-8-1-3-10-19(17)39-33(21)25-31-29-23(37-25)27-13-15-6-5-7-16(12-15)14-28-24-30-32-26(38-24)34-22(36)18-9-2-4-11-20(18)40-34/h1-12H,13-14H2,(H,27,29)(H,28,30).